The molecule has 2 aromatic carbocycles. The molecule has 0 aliphatic carbocycles. The van der Waals surface area contributed by atoms with E-state index >= 15 is 0 Å². The summed E-state index contributed by atoms with van der Waals surface area (Å²) >= 11 is 5.90. The molecule has 0 spiro atoms. The number of ether oxygens (including phenoxy) is 1. The van der Waals surface area contributed by atoms with E-state index in [1.54, 1.807) is 18.2 Å². The molecule has 0 radical (unpaired) electrons. The van der Waals surface area contributed by atoms with Gasteiger partial charge in [0.05, 0.1) is 10.6 Å². The minimum absolute atomic E-state index is 0.0815. The molecule has 0 bridgehead atoms. The maximum Gasteiger partial charge on any atom is 0.173 e. The minimum Gasteiger partial charge on any atom is -0.455 e. The van der Waals surface area contributed by atoms with Crippen LogP contribution in [0.1, 0.15) is 11.1 Å². The number of oxime groups is 1. The molecular formula is C14H12ClFN2O2. The molecule has 0 aliphatic heterocycles. The highest BCUT2D eigenvalue weighted by Crippen LogP contribution is 2.32. The highest BCUT2D eigenvalue weighted by molar-refractivity contribution is 6.32. The fourth-order valence-corrected chi connectivity index (χ4v) is 1.87. The van der Waals surface area contributed by atoms with Crippen LogP contribution in [-0.2, 0) is 0 Å². The predicted octanol–water partition coefficient (Wildman–Crippen LogP) is 3.67. The van der Waals surface area contributed by atoms with Gasteiger partial charge in [-0.25, -0.2) is 4.39 Å². The van der Waals surface area contributed by atoms with Crippen LogP contribution in [0.5, 0.6) is 11.5 Å². The van der Waals surface area contributed by atoms with E-state index in [1.165, 1.54) is 12.1 Å². The van der Waals surface area contributed by atoms with E-state index in [0.29, 0.717) is 11.3 Å². The van der Waals surface area contributed by atoms with E-state index in [-0.39, 0.29) is 16.6 Å². The van der Waals surface area contributed by atoms with Crippen molar-refractivity contribution in [2.75, 3.05) is 0 Å². The van der Waals surface area contributed by atoms with Crippen molar-refractivity contribution in [3.8, 4) is 11.5 Å². The lowest BCUT2D eigenvalue weighted by Gasteiger charge is -2.12. The average molecular weight is 295 g/mol. The van der Waals surface area contributed by atoms with Gasteiger partial charge in [-0.3, -0.25) is 0 Å². The van der Waals surface area contributed by atoms with E-state index in [0.717, 1.165) is 11.6 Å². The number of hydrogen-bond acceptors (Lipinski definition) is 3. The normalized spacial score (nSPS) is 11.4. The Bertz CT molecular complexity index is 674. The van der Waals surface area contributed by atoms with Gasteiger partial charge < -0.3 is 15.7 Å². The van der Waals surface area contributed by atoms with Gasteiger partial charge in [-0.1, -0.05) is 28.4 Å². The number of benzene rings is 2. The molecule has 0 fully saturated rings. The summed E-state index contributed by atoms with van der Waals surface area (Å²) < 4.78 is 18.6. The van der Waals surface area contributed by atoms with E-state index in [1.807, 2.05) is 6.92 Å². The second kappa shape index (κ2) is 5.79. The molecule has 3 N–H and O–H groups in total. The Balaban J connectivity index is 2.43. The van der Waals surface area contributed by atoms with Crippen LogP contribution in [0.25, 0.3) is 0 Å². The van der Waals surface area contributed by atoms with Crippen molar-refractivity contribution in [1.29, 1.82) is 0 Å². The summed E-state index contributed by atoms with van der Waals surface area (Å²) in [5.74, 6) is 0.105. The number of hydrogen-bond donors (Lipinski definition) is 2. The maximum absolute atomic E-state index is 13.0. The largest absolute Gasteiger partial charge is 0.455 e. The van der Waals surface area contributed by atoms with Crippen molar-refractivity contribution in [3.05, 3.63) is 58.4 Å². The summed E-state index contributed by atoms with van der Waals surface area (Å²) in [6.07, 6.45) is 0. The maximum atomic E-state index is 13.0. The summed E-state index contributed by atoms with van der Waals surface area (Å²) in [6.45, 7) is 1.86. The molecule has 6 heteroatoms. The minimum atomic E-state index is -0.456. The van der Waals surface area contributed by atoms with E-state index in [4.69, 9.17) is 27.3 Å². The zero-order chi connectivity index (χ0) is 14.7. The lowest BCUT2D eigenvalue weighted by molar-refractivity contribution is 0.318. The third-order valence-corrected chi connectivity index (χ3v) is 2.93. The molecule has 20 heavy (non-hydrogen) atoms. The van der Waals surface area contributed by atoms with Crippen molar-refractivity contribution in [1.82, 2.24) is 0 Å². The van der Waals surface area contributed by atoms with Crippen LogP contribution in [0.3, 0.4) is 0 Å². The van der Waals surface area contributed by atoms with Crippen molar-refractivity contribution in [2.45, 2.75) is 6.92 Å². The highest BCUT2D eigenvalue weighted by Gasteiger charge is 2.12. The lowest BCUT2D eigenvalue weighted by Crippen LogP contribution is -2.14. The van der Waals surface area contributed by atoms with Crippen molar-refractivity contribution in [3.63, 3.8) is 0 Å². The summed E-state index contributed by atoms with van der Waals surface area (Å²) in [7, 11) is 0. The van der Waals surface area contributed by atoms with Gasteiger partial charge in [0.25, 0.3) is 0 Å². The molecule has 4 nitrogen and oxygen atoms in total. The van der Waals surface area contributed by atoms with Crippen LogP contribution in [0.2, 0.25) is 5.02 Å². The standard InChI is InChI=1S/C14H12ClFN2O2/c1-8-2-4-12(10(6-8)14(17)18-19)20-13-5-3-9(16)7-11(13)15/h2-7,19H,1H3,(H2,17,18). The average Bonchev–Trinajstić information content (AvgIpc) is 2.42. The van der Waals surface area contributed by atoms with Gasteiger partial charge in [-0.15, -0.1) is 0 Å². The first-order chi connectivity index (χ1) is 9.51. The topological polar surface area (TPSA) is 67.8 Å². The lowest BCUT2D eigenvalue weighted by atomic mass is 10.1. The Kier molecular flexibility index (Phi) is 4.10. The van der Waals surface area contributed by atoms with Crippen LogP contribution in [0.4, 0.5) is 4.39 Å². The van der Waals surface area contributed by atoms with Gasteiger partial charge >= 0.3 is 0 Å². The van der Waals surface area contributed by atoms with Gasteiger partial charge in [-0.05, 0) is 37.3 Å². The van der Waals surface area contributed by atoms with Gasteiger partial charge in [0.2, 0.25) is 0 Å². The number of rotatable bonds is 3. The number of halogens is 2. The zero-order valence-electron chi connectivity index (χ0n) is 10.6. The van der Waals surface area contributed by atoms with E-state index < -0.39 is 5.82 Å². The third-order valence-electron chi connectivity index (χ3n) is 2.63. The quantitative estimate of drug-likeness (QED) is 0.393. The monoisotopic (exact) mass is 294 g/mol. The summed E-state index contributed by atoms with van der Waals surface area (Å²) in [6, 6.07) is 8.98. The molecule has 0 amide bonds. The van der Waals surface area contributed by atoms with E-state index in [9.17, 15) is 4.39 Å². The zero-order valence-corrected chi connectivity index (χ0v) is 11.4. The second-order valence-corrected chi connectivity index (χ2v) is 4.57. The van der Waals surface area contributed by atoms with Gasteiger partial charge in [-0.2, -0.15) is 0 Å². The Labute approximate surface area is 120 Å². The van der Waals surface area contributed by atoms with Crippen LogP contribution in [0, 0.1) is 12.7 Å². The van der Waals surface area contributed by atoms with E-state index in [2.05, 4.69) is 5.16 Å². The molecule has 104 valence electrons. The fraction of sp³-hybridized carbons (Fsp3) is 0.0714. The molecule has 0 aliphatic rings. The van der Waals surface area contributed by atoms with Crippen LogP contribution in [-0.4, -0.2) is 11.0 Å². The first-order valence-electron chi connectivity index (χ1n) is 5.72. The smallest absolute Gasteiger partial charge is 0.173 e. The van der Waals surface area contributed by atoms with Crippen LogP contribution >= 0.6 is 11.6 Å². The van der Waals surface area contributed by atoms with Gasteiger partial charge in [0.1, 0.15) is 17.3 Å². The van der Waals surface area contributed by atoms with Crippen LogP contribution < -0.4 is 10.5 Å². The molecule has 0 heterocycles. The molecule has 0 aromatic heterocycles. The summed E-state index contributed by atoms with van der Waals surface area (Å²) in [5.41, 5.74) is 6.95. The fourth-order valence-electron chi connectivity index (χ4n) is 1.66. The third kappa shape index (κ3) is 3.00. The molecule has 2 rings (SSSR count). The summed E-state index contributed by atoms with van der Waals surface area (Å²) in [5, 5.41) is 11.9. The molecule has 0 saturated heterocycles. The second-order valence-electron chi connectivity index (χ2n) is 4.16. The Morgan fingerprint density at radius 3 is 2.60 bits per heavy atom. The van der Waals surface area contributed by atoms with Crippen molar-refractivity contribution >= 4 is 17.4 Å². The highest BCUT2D eigenvalue weighted by atomic mass is 35.5. The van der Waals surface area contributed by atoms with Crippen molar-refractivity contribution < 1.29 is 14.3 Å². The van der Waals surface area contributed by atoms with Gasteiger partial charge in [0.15, 0.2) is 5.84 Å². The van der Waals surface area contributed by atoms with Crippen LogP contribution in [0.15, 0.2) is 41.6 Å². The SMILES string of the molecule is Cc1ccc(Oc2ccc(F)cc2Cl)c(/C(N)=N/O)c1. The van der Waals surface area contributed by atoms with Crippen molar-refractivity contribution in [2.24, 2.45) is 10.9 Å². The molecule has 0 saturated carbocycles. The molecule has 2 aromatic rings. The molecule has 0 unspecified atom stereocenters. The molecule has 0 atom stereocenters. The number of amidine groups is 1. The first-order valence-corrected chi connectivity index (χ1v) is 6.10. The Morgan fingerprint density at radius 2 is 1.95 bits per heavy atom. The molecular weight excluding hydrogens is 283 g/mol. The number of aryl methyl sites for hydroxylation is 1. The Hall–Kier alpha value is -2.27. The number of nitrogens with two attached hydrogens (primary N) is 1. The number of nitrogens with zero attached hydrogens (tertiary/aromatic N) is 1. The summed E-state index contributed by atoms with van der Waals surface area (Å²) in [4.78, 5) is 0. The predicted molar refractivity (Wildman–Crippen MR) is 75.2 cm³/mol. The first kappa shape index (κ1) is 14.1. The Morgan fingerprint density at radius 1 is 1.25 bits per heavy atom. The van der Waals surface area contributed by atoms with Gasteiger partial charge in [0, 0.05) is 0 Å².